The maximum Gasteiger partial charge on any atom is 0.419 e. The summed E-state index contributed by atoms with van der Waals surface area (Å²) < 4.78 is 153. The molecule has 0 aliphatic heterocycles. The number of hydrogen-bond donors (Lipinski definition) is 2. The van der Waals surface area contributed by atoms with Crippen molar-refractivity contribution < 1.29 is 52.7 Å². The number of alkyl halides is 12. The van der Waals surface area contributed by atoms with E-state index in [0.29, 0.717) is 0 Å². The highest BCUT2D eigenvalue weighted by molar-refractivity contribution is 5.77. The second kappa shape index (κ2) is 5.24. The van der Waals surface area contributed by atoms with Crippen LogP contribution in [-0.2, 0) is 24.7 Å². The van der Waals surface area contributed by atoms with Crippen LogP contribution in [0.1, 0.15) is 22.3 Å². The van der Waals surface area contributed by atoms with E-state index in [9.17, 15) is 52.7 Å². The van der Waals surface area contributed by atoms with E-state index in [2.05, 4.69) is 11.5 Å². The van der Waals surface area contributed by atoms with Crippen molar-refractivity contribution in [2.24, 2.45) is 0 Å². The number of nitrogen functional groups attached to an aromatic ring is 2. The maximum atomic E-state index is 12.8. The standard InChI is InChI=1S/C10H4F12N2/c11-7(12,13)1-2(8(14,15)16)4(10(20,21)22)6(24)5(23)3(1)9(17,18)19/h23-24H2. The van der Waals surface area contributed by atoms with Gasteiger partial charge in [-0.25, -0.2) is 0 Å². The summed E-state index contributed by atoms with van der Waals surface area (Å²) in [5.74, 6) is 0. The first-order valence-corrected chi connectivity index (χ1v) is 5.35. The van der Waals surface area contributed by atoms with Crippen molar-refractivity contribution in [3.8, 4) is 0 Å². The molecule has 24 heavy (non-hydrogen) atoms. The largest absolute Gasteiger partial charge is 0.419 e. The Labute approximate surface area is 124 Å². The monoisotopic (exact) mass is 380 g/mol. The van der Waals surface area contributed by atoms with Gasteiger partial charge in [-0.15, -0.1) is 0 Å². The van der Waals surface area contributed by atoms with Gasteiger partial charge in [-0.3, -0.25) is 0 Å². The SMILES string of the molecule is Nc1c(N)c(C(F)(F)F)c(C(F)(F)F)c(C(F)(F)F)c1C(F)(F)F. The van der Waals surface area contributed by atoms with Crippen molar-refractivity contribution in [3.63, 3.8) is 0 Å². The second-order valence-electron chi connectivity index (χ2n) is 4.32. The molecule has 4 N–H and O–H groups in total. The number of anilines is 2. The van der Waals surface area contributed by atoms with E-state index in [1.807, 2.05) is 0 Å². The van der Waals surface area contributed by atoms with Gasteiger partial charge in [0.25, 0.3) is 0 Å². The van der Waals surface area contributed by atoms with Crippen LogP contribution in [0.3, 0.4) is 0 Å². The third kappa shape index (κ3) is 3.40. The summed E-state index contributed by atoms with van der Waals surface area (Å²) in [6, 6.07) is 0. The maximum absolute atomic E-state index is 12.8. The molecule has 1 aromatic rings. The van der Waals surface area contributed by atoms with Crippen LogP contribution in [0.5, 0.6) is 0 Å². The predicted molar refractivity (Wildman–Crippen MR) is 55.3 cm³/mol. The van der Waals surface area contributed by atoms with Crippen molar-refractivity contribution in [2.75, 3.05) is 11.5 Å². The fraction of sp³-hybridized carbons (Fsp3) is 0.400. The molecule has 0 saturated carbocycles. The lowest BCUT2D eigenvalue weighted by atomic mass is 9.90. The molecule has 0 aromatic heterocycles. The van der Waals surface area contributed by atoms with Crippen molar-refractivity contribution in [3.05, 3.63) is 22.3 Å². The van der Waals surface area contributed by atoms with Gasteiger partial charge in [-0.1, -0.05) is 0 Å². The Kier molecular flexibility index (Phi) is 4.37. The summed E-state index contributed by atoms with van der Waals surface area (Å²) in [4.78, 5) is 0. The Hall–Kier alpha value is -2.02. The molecule has 14 heteroatoms. The zero-order chi connectivity index (χ0) is 19.5. The average molecular weight is 380 g/mol. The van der Waals surface area contributed by atoms with Crippen molar-refractivity contribution in [1.29, 1.82) is 0 Å². The van der Waals surface area contributed by atoms with Gasteiger partial charge in [-0.05, 0) is 0 Å². The molecule has 0 bridgehead atoms. The quantitative estimate of drug-likeness (QED) is 0.496. The highest BCUT2D eigenvalue weighted by Crippen LogP contribution is 2.55. The minimum absolute atomic E-state index is 2.30. The van der Waals surface area contributed by atoms with Crippen LogP contribution >= 0.6 is 0 Å². The van der Waals surface area contributed by atoms with E-state index in [0.717, 1.165) is 0 Å². The number of rotatable bonds is 0. The lowest BCUT2D eigenvalue weighted by Crippen LogP contribution is -2.30. The molecule has 0 atom stereocenters. The normalized spacial score (nSPS) is 14.2. The average Bonchev–Trinajstić information content (AvgIpc) is 2.25. The molecule has 0 saturated heterocycles. The Morgan fingerprint density at radius 2 is 0.542 bits per heavy atom. The molecule has 0 radical (unpaired) electrons. The van der Waals surface area contributed by atoms with Crippen LogP contribution in [0.4, 0.5) is 64.1 Å². The molecule has 2 nitrogen and oxygen atoms in total. The molecule has 0 amide bonds. The molecular weight excluding hydrogens is 376 g/mol. The number of hydrogen-bond acceptors (Lipinski definition) is 2. The molecule has 1 aromatic carbocycles. The van der Waals surface area contributed by atoms with Crippen molar-refractivity contribution in [1.82, 2.24) is 0 Å². The Balaban J connectivity index is 4.34. The Morgan fingerprint density at radius 1 is 0.375 bits per heavy atom. The van der Waals surface area contributed by atoms with Gasteiger partial charge < -0.3 is 11.5 Å². The molecule has 0 aliphatic carbocycles. The molecular formula is C10H4F12N2. The van der Waals surface area contributed by atoms with Crippen LogP contribution in [-0.4, -0.2) is 0 Å². The summed E-state index contributed by atoms with van der Waals surface area (Å²) >= 11 is 0. The van der Waals surface area contributed by atoms with Gasteiger partial charge in [0.15, 0.2) is 0 Å². The Morgan fingerprint density at radius 3 is 0.667 bits per heavy atom. The van der Waals surface area contributed by atoms with E-state index in [-0.39, 0.29) is 0 Å². The zero-order valence-corrected chi connectivity index (χ0v) is 10.7. The predicted octanol–water partition coefficient (Wildman–Crippen LogP) is 4.93. The van der Waals surface area contributed by atoms with E-state index < -0.39 is 58.3 Å². The van der Waals surface area contributed by atoms with Crippen LogP contribution in [0.15, 0.2) is 0 Å². The fourth-order valence-electron chi connectivity index (χ4n) is 1.94. The third-order valence-corrected chi connectivity index (χ3v) is 2.71. The summed E-state index contributed by atoms with van der Waals surface area (Å²) in [7, 11) is 0. The summed E-state index contributed by atoms with van der Waals surface area (Å²) in [5, 5.41) is 0. The minimum atomic E-state index is -6.45. The van der Waals surface area contributed by atoms with E-state index >= 15 is 0 Å². The van der Waals surface area contributed by atoms with E-state index in [1.165, 1.54) is 0 Å². The van der Waals surface area contributed by atoms with Crippen LogP contribution in [0.25, 0.3) is 0 Å². The minimum Gasteiger partial charge on any atom is -0.397 e. The number of benzene rings is 1. The van der Waals surface area contributed by atoms with Crippen LogP contribution < -0.4 is 11.5 Å². The molecule has 138 valence electrons. The first-order chi connectivity index (χ1) is 10.3. The number of nitrogens with two attached hydrogens (primary N) is 2. The highest BCUT2D eigenvalue weighted by Gasteiger charge is 2.57. The molecule has 0 spiro atoms. The Bertz CT molecular complexity index is 589. The second-order valence-corrected chi connectivity index (χ2v) is 4.32. The molecule has 1 rings (SSSR count). The first kappa shape index (κ1) is 20.0. The zero-order valence-electron chi connectivity index (χ0n) is 10.7. The summed E-state index contributed by atoms with van der Waals surface area (Å²) in [5.41, 5.74) is -8.92. The van der Waals surface area contributed by atoms with Gasteiger partial charge in [0.05, 0.1) is 33.6 Å². The lowest BCUT2D eigenvalue weighted by Gasteiger charge is -2.27. The van der Waals surface area contributed by atoms with Gasteiger partial charge >= 0.3 is 24.7 Å². The van der Waals surface area contributed by atoms with Crippen molar-refractivity contribution >= 4 is 11.4 Å². The van der Waals surface area contributed by atoms with Gasteiger partial charge in [-0.2, -0.15) is 52.7 Å². The molecule has 0 unspecified atom stereocenters. The smallest absolute Gasteiger partial charge is 0.397 e. The number of halogens is 12. The van der Waals surface area contributed by atoms with Crippen molar-refractivity contribution in [2.45, 2.75) is 24.7 Å². The fourth-order valence-corrected chi connectivity index (χ4v) is 1.94. The third-order valence-electron chi connectivity index (χ3n) is 2.71. The molecule has 0 fully saturated rings. The highest BCUT2D eigenvalue weighted by atomic mass is 19.4. The van der Waals surface area contributed by atoms with E-state index in [1.54, 1.807) is 0 Å². The van der Waals surface area contributed by atoms with Gasteiger partial charge in [0.1, 0.15) is 0 Å². The lowest BCUT2D eigenvalue weighted by molar-refractivity contribution is -0.182. The van der Waals surface area contributed by atoms with Gasteiger partial charge in [0, 0.05) is 0 Å². The molecule has 0 heterocycles. The van der Waals surface area contributed by atoms with Crippen LogP contribution in [0.2, 0.25) is 0 Å². The van der Waals surface area contributed by atoms with Gasteiger partial charge in [0.2, 0.25) is 0 Å². The first-order valence-electron chi connectivity index (χ1n) is 5.35. The topological polar surface area (TPSA) is 52.0 Å². The summed E-state index contributed by atoms with van der Waals surface area (Å²) in [6.07, 6.45) is -25.2. The summed E-state index contributed by atoms with van der Waals surface area (Å²) in [6.45, 7) is 0. The van der Waals surface area contributed by atoms with Crippen LogP contribution in [0, 0.1) is 0 Å². The van der Waals surface area contributed by atoms with E-state index in [4.69, 9.17) is 0 Å². The molecule has 0 aliphatic rings.